The number of alkyl halides is 6. The summed E-state index contributed by atoms with van der Waals surface area (Å²) in [6.45, 7) is 1.77. The predicted octanol–water partition coefficient (Wildman–Crippen LogP) is 7.20. The zero-order valence-corrected chi connectivity index (χ0v) is 19.9. The van der Waals surface area contributed by atoms with Gasteiger partial charge in [-0.3, -0.25) is 4.79 Å². The molecular formula is C27H23F6NO3. The number of esters is 1. The molecule has 0 fully saturated rings. The van der Waals surface area contributed by atoms with Gasteiger partial charge in [-0.2, -0.15) is 26.3 Å². The third kappa shape index (κ3) is 6.90. The fourth-order valence-corrected chi connectivity index (χ4v) is 3.84. The van der Waals surface area contributed by atoms with Crippen molar-refractivity contribution < 1.29 is 40.7 Å². The molecule has 0 N–H and O–H groups in total. The number of halogens is 6. The number of ether oxygens (including phenoxy) is 1. The van der Waals surface area contributed by atoms with E-state index in [2.05, 4.69) is 0 Å². The van der Waals surface area contributed by atoms with Crippen molar-refractivity contribution >= 4 is 22.6 Å². The molecule has 4 nitrogen and oxygen atoms in total. The van der Waals surface area contributed by atoms with E-state index in [9.17, 15) is 35.9 Å². The van der Waals surface area contributed by atoms with Crippen molar-refractivity contribution in [2.24, 2.45) is 0 Å². The van der Waals surface area contributed by atoms with Crippen LogP contribution in [0.5, 0.6) is 0 Å². The molecule has 3 aromatic carbocycles. The fraction of sp³-hybridized carbons (Fsp3) is 0.259. The molecule has 0 spiro atoms. The van der Waals surface area contributed by atoms with E-state index in [0.717, 1.165) is 21.7 Å². The van der Waals surface area contributed by atoms with E-state index in [-0.39, 0.29) is 19.1 Å². The number of carbonyl (C=O) groups is 2. The summed E-state index contributed by atoms with van der Waals surface area (Å²) in [4.78, 5) is 26.0. The molecule has 0 heterocycles. The standard InChI is InChI=1S/C27H23F6NO3/c1-3-37-24(35)10-6-9-23(19-12-11-17-7-4-5-8-18(17)13-19)34(2)25(36)20-14-21(26(28,29)30)16-22(15-20)27(31,32)33/h4-8,10-16,23H,3,9H2,1-2H3. The molecule has 10 heteroatoms. The molecule has 3 rings (SSSR count). The molecule has 0 saturated heterocycles. The van der Waals surface area contributed by atoms with Crippen molar-refractivity contribution in [3.8, 4) is 0 Å². The lowest BCUT2D eigenvalue weighted by Crippen LogP contribution is -2.31. The van der Waals surface area contributed by atoms with Crippen LogP contribution >= 0.6 is 0 Å². The van der Waals surface area contributed by atoms with Crippen LogP contribution in [0.15, 0.2) is 72.8 Å². The Balaban J connectivity index is 2.04. The van der Waals surface area contributed by atoms with Gasteiger partial charge < -0.3 is 9.64 Å². The van der Waals surface area contributed by atoms with Gasteiger partial charge in [0.05, 0.1) is 23.8 Å². The van der Waals surface area contributed by atoms with Crippen LogP contribution in [0.3, 0.4) is 0 Å². The topological polar surface area (TPSA) is 46.6 Å². The summed E-state index contributed by atoms with van der Waals surface area (Å²) in [7, 11) is 1.29. The normalized spacial score (nSPS) is 13.1. The minimum Gasteiger partial charge on any atom is -0.463 e. The van der Waals surface area contributed by atoms with Gasteiger partial charge in [0, 0.05) is 18.7 Å². The number of amides is 1. The van der Waals surface area contributed by atoms with E-state index in [4.69, 9.17) is 4.74 Å². The first-order chi connectivity index (χ1) is 17.3. The highest BCUT2D eigenvalue weighted by molar-refractivity contribution is 5.95. The second kappa shape index (κ2) is 11.1. The number of carbonyl (C=O) groups excluding carboxylic acids is 2. The molecule has 0 saturated carbocycles. The Morgan fingerprint density at radius 2 is 1.49 bits per heavy atom. The largest absolute Gasteiger partial charge is 0.463 e. The second-order valence-corrected chi connectivity index (χ2v) is 8.22. The molecule has 0 aliphatic carbocycles. The molecule has 0 bridgehead atoms. The molecule has 0 radical (unpaired) electrons. The van der Waals surface area contributed by atoms with Crippen molar-refractivity contribution in [3.05, 3.63) is 95.1 Å². The highest BCUT2D eigenvalue weighted by Gasteiger charge is 2.38. The number of hydrogen-bond acceptors (Lipinski definition) is 3. The van der Waals surface area contributed by atoms with Crippen molar-refractivity contribution in [3.63, 3.8) is 0 Å². The van der Waals surface area contributed by atoms with E-state index < -0.39 is 47.0 Å². The van der Waals surface area contributed by atoms with Crippen molar-refractivity contribution in [1.82, 2.24) is 4.90 Å². The Hall–Kier alpha value is -3.82. The zero-order chi connectivity index (χ0) is 27.4. The summed E-state index contributed by atoms with van der Waals surface area (Å²) in [6, 6.07) is 12.6. The average Bonchev–Trinajstić information content (AvgIpc) is 2.84. The van der Waals surface area contributed by atoms with Crippen LogP contribution in [0.1, 0.15) is 46.4 Å². The molecular weight excluding hydrogens is 500 g/mol. The maximum atomic E-state index is 13.3. The fourth-order valence-electron chi connectivity index (χ4n) is 3.84. The molecule has 1 amide bonds. The van der Waals surface area contributed by atoms with E-state index in [0.29, 0.717) is 17.7 Å². The summed E-state index contributed by atoms with van der Waals surface area (Å²) < 4.78 is 84.8. The quantitative estimate of drug-likeness (QED) is 0.187. The monoisotopic (exact) mass is 523 g/mol. The minimum atomic E-state index is -5.09. The second-order valence-electron chi connectivity index (χ2n) is 8.22. The highest BCUT2D eigenvalue weighted by Crippen LogP contribution is 2.37. The average molecular weight is 523 g/mol. The maximum absolute atomic E-state index is 13.3. The van der Waals surface area contributed by atoms with Gasteiger partial charge in [0.15, 0.2) is 0 Å². The van der Waals surface area contributed by atoms with Gasteiger partial charge in [-0.25, -0.2) is 4.79 Å². The Morgan fingerprint density at radius 1 is 0.892 bits per heavy atom. The highest BCUT2D eigenvalue weighted by atomic mass is 19.4. The first-order valence-corrected chi connectivity index (χ1v) is 11.2. The van der Waals surface area contributed by atoms with Crippen molar-refractivity contribution in [2.75, 3.05) is 13.7 Å². The van der Waals surface area contributed by atoms with Crippen LogP contribution in [0, 0.1) is 0 Å². The molecule has 196 valence electrons. The first-order valence-electron chi connectivity index (χ1n) is 11.2. The summed E-state index contributed by atoms with van der Waals surface area (Å²) in [6.07, 6.45) is -7.54. The Bertz CT molecular complexity index is 1280. The van der Waals surface area contributed by atoms with Gasteiger partial charge in [0.25, 0.3) is 5.91 Å². The van der Waals surface area contributed by atoms with Crippen molar-refractivity contribution in [2.45, 2.75) is 31.7 Å². The van der Waals surface area contributed by atoms with E-state index in [1.54, 1.807) is 31.2 Å². The molecule has 1 atom stereocenters. The summed E-state index contributed by atoms with van der Waals surface area (Å²) in [5, 5.41) is 1.72. The third-order valence-electron chi connectivity index (χ3n) is 5.68. The zero-order valence-electron chi connectivity index (χ0n) is 19.9. The van der Waals surface area contributed by atoms with Crippen LogP contribution in [0.2, 0.25) is 0 Å². The number of rotatable bonds is 7. The molecule has 0 aromatic heterocycles. The summed E-state index contributed by atoms with van der Waals surface area (Å²) in [5.41, 5.74) is -3.34. The van der Waals surface area contributed by atoms with Crippen LogP contribution in [0.25, 0.3) is 10.8 Å². The van der Waals surface area contributed by atoms with Gasteiger partial charge in [0.1, 0.15) is 0 Å². The summed E-state index contributed by atoms with van der Waals surface area (Å²) >= 11 is 0. The van der Waals surface area contributed by atoms with Gasteiger partial charge in [0.2, 0.25) is 0 Å². The van der Waals surface area contributed by atoms with Gasteiger partial charge >= 0.3 is 18.3 Å². The van der Waals surface area contributed by atoms with Gasteiger partial charge in [-0.1, -0.05) is 42.5 Å². The predicted molar refractivity (Wildman–Crippen MR) is 126 cm³/mol. The molecule has 0 aliphatic rings. The van der Waals surface area contributed by atoms with Crippen LogP contribution in [-0.2, 0) is 21.9 Å². The maximum Gasteiger partial charge on any atom is 0.416 e. The van der Waals surface area contributed by atoms with Crippen molar-refractivity contribution in [1.29, 1.82) is 0 Å². The Kier molecular flexibility index (Phi) is 8.30. The van der Waals surface area contributed by atoms with E-state index in [1.165, 1.54) is 13.1 Å². The lowest BCUT2D eigenvalue weighted by atomic mass is 9.97. The number of hydrogen-bond donors (Lipinski definition) is 0. The van der Waals surface area contributed by atoms with E-state index >= 15 is 0 Å². The van der Waals surface area contributed by atoms with Gasteiger partial charge in [-0.05, 0) is 53.9 Å². The number of fused-ring (bicyclic) bond motifs is 1. The minimum absolute atomic E-state index is 0.0281. The molecule has 37 heavy (non-hydrogen) atoms. The van der Waals surface area contributed by atoms with Crippen LogP contribution in [-0.4, -0.2) is 30.4 Å². The summed E-state index contributed by atoms with van der Waals surface area (Å²) in [5.74, 6) is -1.67. The molecule has 3 aromatic rings. The Labute approximate surface area is 209 Å². The first kappa shape index (κ1) is 27.8. The third-order valence-corrected chi connectivity index (χ3v) is 5.68. The Morgan fingerprint density at radius 3 is 2.05 bits per heavy atom. The molecule has 0 aliphatic heterocycles. The van der Waals surface area contributed by atoms with Gasteiger partial charge in [-0.15, -0.1) is 0 Å². The molecule has 1 unspecified atom stereocenters. The van der Waals surface area contributed by atoms with E-state index in [1.807, 2.05) is 18.2 Å². The number of nitrogens with zero attached hydrogens (tertiary/aromatic N) is 1. The van der Waals surface area contributed by atoms with Crippen LogP contribution in [0.4, 0.5) is 26.3 Å². The SMILES string of the molecule is CCOC(=O)C=CCC(c1ccc2ccccc2c1)N(C)C(=O)c1cc(C(F)(F)F)cc(C(F)(F)F)c1. The lowest BCUT2D eigenvalue weighted by Gasteiger charge is -2.29. The number of benzene rings is 3. The smallest absolute Gasteiger partial charge is 0.416 e. The van der Waals surface area contributed by atoms with Crippen LogP contribution < -0.4 is 0 Å². The lowest BCUT2D eigenvalue weighted by molar-refractivity contribution is -0.143.